The van der Waals surface area contributed by atoms with Gasteiger partial charge in [0.25, 0.3) is 0 Å². The number of ether oxygens (including phenoxy) is 1. The van der Waals surface area contributed by atoms with Crippen LogP contribution in [0.15, 0.2) is 35.1 Å². The Morgan fingerprint density at radius 1 is 1.38 bits per heavy atom. The maximum atomic E-state index is 11.2. The van der Waals surface area contributed by atoms with E-state index in [4.69, 9.17) is 4.74 Å². The van der Waals surface area contributed by atoms with E-state index < -0.39 is 0 Å². The lowest BCUT2D eigenvalue weighted by molar-refractivity contribution is -0.865. The molecule has 3 aliphatic heterocycles. The predicted octanol–water partition coefficient (Wildman–Crippen LogP) is 1.09. The fourth-order valence-electron chi connectivity index (χ4n) is 3.22. The molecule has 1 aromatic rings. The van der Waals surface area contributed by atoms with Crippen molar-refractivity contribution in [2.75, 3.05) is 13.1 Å². The van der Waals surface area contributed by atoms with Gasteiger partial charge in [0.2, 0.25) is 0 Å². The molecule has 0 unspecified atom stereocenters. The van der Waals surface area contributed by atoms with Crippen molar-refractivity contribution in [3.63, 3.8) is 0 Å². The van der Waals surface area contributed by atoms with Crippen LogP contribution in [0.4, 0.5) is 0 Å². The lowest BCUT2D eigenvalue weighted by Gasteiger charge is -2.37. The average Bonchev–Trinajstić information content (AvgIpc) is 2.50. The van der Waals surface area contributed by atoms with Gasteiger partial charge in [-0.25, -0.2) is 0 Å². The van der Waals surface area contributed by atoms with Crippen molar-refractivity contribution in [3.8, 4) is 5.75 Å². The van der Waals surface area contributed by atoms with Crippen molar-refractivity contribution >= 4 is 17.8 Å². The summed E-state index contributed by atoms with van der Waals surface area (Å²) in [5, 5.41) is 12.8. The smallest absolute Gasteiger partial charge is 0.308 e. The Morgan fingerprint density at radius 2 is 2.10 bits per heavy atom. The Bertz CT molecular complexity index is 614. The lowest BCUT2D eigenvalue weighted by atomic mass is 9.83. The summed E-state index contributed by atoms with van der Waals surface area (Å²) in [7, 11) is 0. The first-order chi connectivity index (χ1) is 10.2. The largest absolute Gasteiger partial charge is 0.426 e. The molecule has 5 heteroatoms. The monoisotopic (exact) mass is 287 g/mol. The number of carbonyl (C=O) groups is 1. The highest BCUT2D eigenvalue weighted by atomic mass is 16.5. The molecular formula is C16H19N2O3+. The summed E-state index contributed by atoms with van der Waals surface area (Å²) in [6, 6.07) is 7.42. The second kappa shape index (κ2) is 5.69. The molecule has 0 radical (unpaired) electrons. The van der Waals surface area contributed by atoms with Crippen molar-refractivity contribution in [1.29, 1.82) is 0 Å². The molecule has 3 fully saturated rings. The number of para-hydroxylation sites is 1. The zero-order chi connectivity index (χ0) is 14.8. The molecule has 2 bridgehead atoms. The summed E-state index contributed by atoms with van der Waals surface area (Å²) in [5.74, 6) is 0.547. The van der Waals surface area contributed by atoms with Gasteiger partial charge in [-0.15, -0.1) is 0 Å². The van der Waals surface area contributed by atoms with E-state index in [1.165, 1.54) is 11.8 Å². The molecule has 0 aromatic heterocycles. The zero-order valence-corrected chi connectivity index (χ0v) is 12.0. The van der Waals surface area contributed by atoms with E-state index in [-0.39, 0.29) is 5.97 Å². The van der Waals surface area contributed by atoms with Crippen molar-refractivity contribution in [2.45, 2.75) is 19.8 Å². The van der Waals surface area contributed by atoms with Crippen molar-refractivity contribution < 1.29 is 19.6 Å². The number of quaternary nitrogens is 1. The molecule has 3 saturated heterocycles. The quantitative estimate of drug-likeness (QED) is 0.370. The number of esters is 1. The molecule has 110 valence electrons. The first kappa shape index (κ1) is 13.8. The van der Waals surface area contributed by atoms with E-state index in [1.807, 2.05) is 24.3 Å². The summed E-state index contributed by atoms with van der Waals surface area (Å²) in [6.45, 7) is 3.51. The van der Waals surface area contributed by atoms with Gasteiger partial charge < -0.3 is 14.8 Å². The van der Waals surface area contributed by atoms with Crippen LogP contribution >= 0.6 is 0 Å². The highest BCUT2D eigenvalue weighted by molar-refractivity contribution is 6.03. The minimum Gasteiger partial charge on any atom is -0.426 e. The Kier molecular flexibility index (Phi) is 3.75. The van der Waals surface area contributed by atoms with Crippen molar-refractivity contribution in [2.24, 2.45) is 11.1 Å². The number of fused-ring (bicyclic) bond motifs is 3. The number of nitrogens with zero attached hydrogens (tertiary/aromatic N) is 1. The van der Waals surface area contributed by atoms with Crippen LogP contribution in [0.5, 0.6) is 5.75 Å². The van der Waals surface area contributed by atoms with Crippen LogP contribution in [-0.2, 0) is 4.79 Å². The molecule has 0 spiro atoms. The van der Waals surface area contributed by atoms with E-state index in [9.17, 15) is 10.0 Å². The highest BCUT2D eigenvalue weighted by Crippen LogP contribution is 2.25. The van der Waals surface area contributed by atoms with Crippen LogP contribution in [0.1, 0.15) is 25.3 Å². The first-order valence-electron chi connectivity index (χ1n) is 7.25. The van der Waals surface area contributed by atoms with Gasteiger partial charge in [0.15, 0.2) is 5.70 Å². The molecule has 3 aliphatic rings. The van der Waals surface area contributed by atoms with Gasteiger partial charge in [-0.3, -0.25) is 4.79 Å². The van der Waals surface area contributed by atoms with Gasteiger partial charge in [0, 0.05) is 37.3 Å². The molecule has 1 aromatic carbocycles. The Labute approximate surface area is 123 Å². The lowest BCUT2D eigenvalue weighted by Crippen LogP contribution is -3.14. The Hall–Kier alpha value is -2.14. The first-order valence-corrected chi connectivity index (χ1v) is 7.25. The van der Waals surface area contributed by atoms with Crippen LogP contribution in [-0.4, -0.2) is 30.0 Å². The molecule has 4 rings (SSSR count). The summed E-state index contributed by atoms with van der Waals surface area (Å²) < 4.78 is 5.24. The second-order valence-electron chi connectivity index (χ2n) is 5.55. The van der Waals surface area contributed by atoms with Gasteiger partial charge >= 0.3 is 5.97 Å². The summed E-state index contributed by atoms with van der Waals surface area (Å²) in [6.07, 6.45) is 4.11. The molecule has 0 aliphatic carbocycles. The molecule has 3 heterocycles. The predicted molar refractivity (Wildman–Crippen MR) is 78.4 cm³/mol. The molecular weight excluding hydrogens is 268 g/mol. The number of hydrogen-bond donors (Lipinski definition) is 2. The molecule has 21 heavy (non-hydrogen) atoms. The third-order valence-electron chi connectivity index (χ3n) is 4.21. The number of rotatable bonds is 2. The summed E-state index contributed by atoms with van der Waals surface area (Å²) in [4.78, 5) is 12.5. The zero-order valence-electron chi connectivity index (χ0n) is 12.0. The van der Waals surface area contributed by atoms with Crippen LogP contribution in [0.25, 0.3) is 6.08 Å². The fraction of sp³-hybridized carbons (Fsp3) is 0.375. The van der Waals surface area contributed by atoms with E-state index in [0.29, 0.717) is 11.7 Å². The molecule has 0 atom stereocenters. The summed E-state index contributed by atoms with van der Waals surface area (Å²) >= 11 is 0. The SMILES string of the molecule is CC(=O)Oc1ccccc1/C=C1/C(=N/O)C2CC[NH+]1CC2. The third-order valence-corrected chi connectivity index (χ3v) is 4.21. The molecule has 5 nitrogen and oxygen atoms in total. The van der Waals surface area contributed by atoms with Crippen LogP contribution in [0.3, 0.4) is 0 Å². The maximum Gasteiger partial charge on any atom is 0.308 e. The number of benzene rings is 1. The minimum atomic E-state index is -0.338. The average molecular weight is 287 g/mol. The van der Waals surface area contributed by atoms with Crippen molar-refractivity contribution in [3.05, 3.63) is 35.5 Å². The number of nitrogens with one attached hydrogen (secondary N) is 1. The van der Waals surface area contributed by atoms with Gasteiger partial charge in [-0.1, -0.05) is 23.4 Å². The van der Waals surface area contributed by atoms with Crippen molar-refractivity contribution in [1.82, 2.24) is 0 Å². The van der Waals surface area contributed by atoms with Gasteiger partial charge in [0.05, 0.1) is 13.1 Å². The molecule has 2 N–H and O–H groups in total. The minimum absolute atomic E-state index is 0.338. The van der Waals surface area contributed by atoms with Gasteiger partial charge in [-0.05, 0) is 6.07 Å². The number of carbonyl (C=O) groups excluding carboxylic acids is 1. The number of piperidine rings is 3. The second-order valence-corrected chi connectivity index (χ2v) is 5.55. The van der Waals surface area contributed by atoms with Crippen LogP contribution in [0, 0.1) is 5.92 Å². The fourth-order valence-corrected chi connectivity index (χ4v) is 3.22. The number of oxime groups is 1. The van der Waals surface area contributed by atoms with Crippen LogP contribution in [0.2, 0.25) is 0 Å². The molecule has 0 amide bonds. The van der Waals surface area contributed by atoms with E-state index in [2.05, 4.69) is 5.16 Å². The third kappa shape index (κ3) is 2.69. The van der Waals surface area contributed by atoms with Crippen LogP contribution < -0.4 is 9.64 Å². The Morgan fingerprint density at radius 3 is 2.76 bits per heavy atom. The van der Waals surface area contributed by atoms with Gasteiger partial charge in [0.1, 0.15) is 11.5 Å². The van der Waals surface area contributed by atoms with Gasteiger partial charge in [-0.2, -0.15) is 0 Å². The topological polar surface area (TPSA) is 63.3 Å². The normalized spacial score (nSPS) is 28.0. The standard InChI is InChI=1S/C16H18N2O3/c1-11(19)21-15-5-3-2-4-13(15)10-14-16(17-20)12-6-8-18(14)9-7-12/h2-5,10,12,20H,6-9H2,1H3/p+1/b14-10-,17-16+. The highest BCUT2D eigenvalue weighted by Gasteiger charge is 2.40. The number of hydrogen-bond acceptors (Lipinski definition) is 4. The van der Waals surface area contributed by atoms with E-state index in [0.717, 1.165) is 42.9 Å². The van der Waals surface area contributed by atoms with E-state index >= 15 is 0 Å². The Balaban J connectivity index is 1.99. The van der Waals surface area contributed by atoms with E-state index in [1.54, 1.807) is 6.07 Å². The summed E-state index contributed by atoms with van der Waals surface area (Å²) in [5.41, 5.74) is 2.63. The number of allylic oxidation sites excluding steroid dienone is 1. The maximum absolute atomic E-state index is 11.2. The molecule has 0 saturated carbocycles.